The van der Waals surface area contributed by atoms with Crippen LogP contribution in [-0.2, 0) is 16.1 Å². The number of carbonyl (C=O) groups is 1. The van der Waals surface area contributed by atoms with Crippen molar-refractivity contribution >= 4 is 11.6 Å². The minimum atomic E-state index is -1.22. The number of hydrogen-bond acceptors (Lipinski definition) is 5. The summed E-state index contributed by atoms with van der Waals surface area (Å²) in [5.74, 6) is -2.70. The van der Waals surface area contributed by atoms with Gasteiger partial charge in [0.1, 0.15) is 12.4 Å². The number of primary amides is 1. The molecular weight excluding hydrogens is 276 g/mol. The van der Waals surface area contributed by atoms with Gasteiger partial charge in [0.15, 0.2) is 0 Å². The maximum Gasteiger partial charge on any atom is 0.305 e. The molecule has 0 unspecified atom stereocenters. The Labute approximate surface area is 112 Å². The Balaban J connectivity index is 2.49. The molecule has 0 fully saturated rings. The molecule has 1 amide bonds. The van der Waals surface area contributed by atoms with E-state index in [0.717, 1.165) is 6.07 Å². The number of nitrogens with zero attached hydrogens (tertiary/aromatic N) is 1. The summed E-state index contributed by atoms with van der Waals surface area (Å²) in [5.41, 5.74) is 4.03. The average molecular weight is 289 g/mol. The fraction of sp³-hybridized carbons (Fsp3) is 0.364. The number of nitrogens with two attached hydrogens (primary N) is 1. The van der Waals surface area contributed by atoms with E-state index in [4.69, 9.17) is 10.5 Å². The van der Waals surface area contributed by atoms with Gasteiger partial charge >= 0.3 is 5.69 Å². The fourth-order valence-electron chi connectivity index (χ4n) is 1.40. The first-order chi connectivity index (χ1) is 9.41. The largest absolute Gasteiger partial charge is 0.370 e. The number of nitrogens with one attached hydrogen (secondary N) is 1. The lowest BCUT2D eigenvalue weighted by molar-refractivity contribution is -0.387. The van der Waals surface area contributed by atoms with E-state index < -0.39 is 28.2 Å². The third-order valence-electron chi connectivity index (χ3n) is 2.30. The number of carbonyl (C=O) groups excluding carboxylic acids is 1. The number of halogens is 2. The molecule has 110 valence electrons. The van der Waals surface area contributed by atoms with Crippen molar-refractivity contribution in [1.82, 2.24) is 5.32 Å². The Bertz CT molecular complexity index is 511. The van der Waals surface area contributed by atoms with Gasteiger partial charge in [-0.2, -0.15) is 4.39 Å². The topological polar surface area (TPSA) is 107 Å². The Morgan fingerprint density at radius 2 is 2.10 bits per heavy atom. The summed E-state index contributed by atoms with van der Waals surface area (Å²) >= 11 is 0. The van der Waals surface area contributed by atoms with Crippen LogP contribution in [0, 0.1) is 21.7 Å². The third kappa shape index (κ3) is 4.86. The van der Waals surface area contributed by atoms with E-state index in [0.29, 0.717) is 6.07 Å². The molecule has 0 saturated heterocycles. The van der Waals surface area contributed by atoms with Gasteiger partial charge in [0.25, 0.3) is 0 Å². The van der Waals surface area contributed by atoms with Crippen molar-refractivity contribution in [2.24, 2.45) is 5.73 Å². The highest BCUT2D eigenvalue weighted by atomic mass is 19.1. The molecular formula is C11H13F2N3O4. The van der Waals surface area contributed by atoms with Crippen LogP contribution in [0.1, 0.15) is 5.56 Å². The average Bonchev–Trinajstić information content (AvgIpc) is 2.34. The summed E-state index contributed by atoms with van der Waals surface area (Å²) in [4.78, 5) is 20.0. The van der Waals surface area contributed by atoms with Gasteiger partial charge in [-0.1, -0.05) is 0 Å². The van der Waals surface area contributed by atoms with Gasteiger partial charge in [-0.15, -0.1) is 0 Å². The number of hydrogen-bond donors (Lipinski definition) is 2. The number of amides is 1. The monoisotopic (exact) mass is 289 g/mol. The molecule has 1 rings (SSSR count). The molecule has 3 N–H and O–H groups in total. The molecule has 0 heterocycles. The number of benzene rings is 1. The Hall–Kier alpha value is -2.13. The standard InChI is InChI=1S/C11H13F2N3O4/c12-8-4-9(13)10(16(18)19)3-7(8)5-15-1-2-20-6-11(14)17/h3-4,15H,1-2,5-6H2,(H2,14,17). The van der Waals surface area contributed by atoms with Crippen LogP contribution in [-0.4, -0.2) is 30.6 Å². The first kappa shape index (κ1) is 15.9. The van der Waals surface area contributed by atoms with E-state index in [1.807, 2.05) is 0 Å². The first-order valence-electron chi connectivity index (χ1n) is 5.61. The summed E-state index contributed by atoms with van der Waals surface area (Å²) in [6.45, 7) is 0.177. The van der Waals surface area contributed by atoms with Crippen LogP contribution in [0.3, 0.4) is 0 Å². The maximum absolute atomic E-state index is 13.4. The molecule has 9 heteroatoms. The molecule has 0 radical (unpaired) electrons. The first-order valence-corrected chi connectivity index (χ1v) is 5.61. The Kier molecular flexibility index (Phi) is 5.94. The lowest BCUT2D eigenvalue weighted by atomic mass is 10.2. The van der Waals surface area contributed by atoms with Crippen molar-refractivity contribution in [2.75, 3.05) is 19.8 Å². The second-order valence-electron chi connectivity index (χ2n) is 3.85. The number of rotatable bonds is 8. The molecule has 0 aliphatic rings. The van der Waals surface area contributed by atoms with Crippen molar-refractivity contribution in [3.8, 4) is 0 Å². The van der Waals surface area contributed by atoms with Crippen molar-refractivity contribution in [3.63, 3.8) is 0 Å². The highest BCUT2D eigenvalue weighted by Crippen LogP contribution is 2.21. The Morgan fingerprint density at radius 3 is 2.70 bits per heavy atom. The SMILES string of the molecule is NC(=O)COCCNCc1cc([N+](=O)[O-])c(F)cc1F. The molecule has 0 bridgehead atoms. The van der Waals surface area contributed by atoms with Crippen LogP contribution < -0.4 is 11.1 Å². The van der Waals surface area contributed by atoms with Crippen molar-refractivity contribution in [3.05, 3.63) is 39.4 Å². The maximum atomic E-state index is 13.4. The number of nitro benzene ring substituents is 1. The van der Waals surface area contributed by atoms with E-state index in [2.05, 4.69) is 5.32 Å². The van der Waals surface area contributed by atoms with Crippen LogP contribution >= 0.6 is 0 Å². The molecule has 0 spiro atoms. The van der Waals surface area contributed by atoms with Crippen LogP contribution in [0.25, 0.3) is 0 Å². The van der Waals surface area contributed by atoms with Crippen LogP contribution in [0.4, 0.5) is 14.5 Å². The molecule has 0 aliphatic carbocycles. The summed E-state index contributed by atoms with van der Waals surface area (Å²) < 4.78 is 31.3. The predicted octanol–water partition coefficient (Wildman–Crippen LogP) is 0.465. The van der Waals surface area contributed by atoms with Gasteiger partial charge in [0, 0.05) is 30.8 Å². The molecule has 0 saturated carbocycles. The smallest absolute Gasteiger partial charge is 0.305 e. The van der Waals surface area contributed by atoms with Crippen molar-refractivity contribution in [1.29, 1.82) is 0 Å². The normalized spacial score (nSPS) is 10.5. The number of ether oxygens (including phenoxy) is 1. The van der Waals surface area contributed by atoms with Crippen LogP contribution in [0.5, 0.6) is 0 Å². The highest BCUT2D eigenvalue weighted by Gasteiger charge is 2.18. The van der Waals surface area contributed by atoms with Crippen LogP contribution in [0.15, 0.2) is 12.1 Å². The second-order valence-corrected chi connectivity index (χ2v) is 3.85. The Morgan fingerprint density at radius 1 is 1.40 bits per heavy atom. The molecule has 1 aromatic rings. The zero-order valence-electron chi connectivity index (χ0n) is 10.4. The molecule has 0 aromatic heterocycles. The van der Waals surface area contributed by atoms with E-state index in [1.165, 1.54) is 0 Å². The van der Waals surface area contributed by atoms with Crippen molar-refractivity contribution < 1.29 is 23.2 Å². The lowest BCUT2D eigenvalue weighted by Gasteiger charge is -2.06. The second kappa shape index (κ2) is 7.46. The van der Waals surface area contributed by atoms with Gasteiger partial charge in [-0.05, 0) is 0 Å². The van der Waals surface area contributed by atoms with E-state index >= 15 is 0 Å². The van der Waals surface area contributed by atoms with Gasteiger partial charge in [0.05, 0.1) is 11.5 Å². The van der Waals surface area contributed by atoms with Gasteiger partial charge in [0.2, 0.25) is 11.7 Å². The molecule has 0 aliphatic heterocycles. The molecule has 20 heavy (non-hydrogen) atoms. The predicted molar refractivity (Wildman–Crippen MR) is 64.7 cm³/mol. The summed E-state index contributed by atoms with van der Waals surface area (Å²) in [5, 5.41) is 13.3. The zero-order chi connectivity index (χ0) is 15.1. The fourth-order valence-corrected chi connectivity index (χ4v) is 1.40. The van der Waals surface area contributed by atoms with E-state index in [1.54, 1.807) is 0 Å². The van der Waals surface area contributed by atoms with Crippen LogP contribution in [0.2, 0.25) is 0 Å². The molecule has 1 aromatic carbocycles. The van der Waals surface area contributed by atoms with E-state index in [-0.39, 0.29) is 31.9 Å². The van der Waals surface area contributed by atoms with Gasteiger partial charge in [-0.25, -0.2) is 4.39 Å². The minimum Gasteiger partial charge on any atom is -0.370 e. The highest BCUT2D eigenvalue weighted by molar-refractivity contribution is 5.74. The minimum absolute atomic E-state index is 0.0343. The molecule has 0 atom stereocenters. The number of nitro groups is 1. The van der Waals surface area contributed by atoms with Gasteiger partial charge in [-0.3, -0.25) is 14.9 Å². The summed E-state index contributed by atoms with van der Waals surface area (Å²) in [6.07, 6.45) is 0. The van der Waals surface area contributed by atoms with Gasteiger partial charge < -0.3 is 15.8 Å². The van der Waals surface area contributed by atoms with E-state index in [9.17, 15) is 23.7 Å². The summed E-state index contributed by atoms with van der Waals surface area (Å²) in [6, 6.07) is 1.31. The summed E-state index contributed by atoms with van der Waals surface area (Å²) in [7, 11) is 0. The zero-order valence-corrected chi connectivity index (χ0v) is 10.4. The van der Waals surface area contributed by atoms with Crippen molar-refractivity contribution in [2.45, 2.75) is 6.54 Å². The third-order valence-corrected chi connectivity index (χ3v) is 2.30. The quantitative estimate of drug-likeness (QED) is 0.411. The molecule has 7 nitrogen and oxygen atoms in total. The lowest BCUT2D eigenvalue weighted by Crippen LogP contribution is -2.24.